The van der Waals surface area contributed by atoms with Gasteiger partial charge in [-0.15, -0.1) is 0 Å². The molecule has 7 nitrogen and oxygen atoms in total. The van der Waals surface area contributed by atoms with Crippen molar-refractivity contribution in [1.29, 1.82) is 0 Å². The van der Waals surface area contributed by atoms with Crippen LogP contribution in [0.5, 0.6) is 0 Å². The molecule has 3 aliphatic carbocycles. The largest absolute Gasteiger partial charge is 0.381 e. The molecule has 1 aromatic heterocycles. The summed E-state index contributed by atoms with van der Waals surface area (Å²) < 4.78 is 5.87. The molecule has 9 rings (SSSR count). The first-order valence-electron chi connectivity index (χ1n) is 19.1. The Labute approximate surface area is 311 Å². The highest BCUT2D eigenvalue weighted by molar-refractivity contribution is 8.13. The summed E-state index contributed by atoms with van der Waals surface area (Å²) in [5.41, 5.74) is 9.98. The van der Waals surface area contributed by atoms with E-state index in [2.05, 4.69) is 78.4 Å². The van der Waals surface area contributed by atoms with E-state index in [0.29, 0.717) is 18.2 Å². The second-order valence-corrected chi connectivity index (χ2v) is 16.8. The molecule has 2 aliphatic heterocycles. The number of fused-ring (bicyclic) bond motifs is 5. The molecular weight excluding hydrogens is 663 g/mol. The van der Waals surface area contributed by atoms with E-state index in [9.17, 15) is 0 Å². The summed E-state index contributed by atoms with van der Waals surface area (Å²) in [4.78, 5) is 37.2. The zero-order valence-corrected chi connectivity index (χ0v) is 31.3. The molecule has 0 bridgehead atoms. The van der Waals surface area contributed by atoms with Gasteiger partial charge in [-0.25, -0.2) is 4.99 Å². The van der Waals surface area contributed by atoms with E-state index in [-0.39, 0.29) is 17.4 Å². The first-order chi connectivity index (χ1) is 25.4. The molecule has 2 unspecified atom stereocenters. The molecule has 266 valence electrons. The van der Waals surface area contributed by atoms with E-state index in [0.717, 1.165) is 77.5 Å². The van der Waals surface area contributed by atoms with Gasteiger partial charge in [0.1, 0.15) is 0 Å². The van der Waals surface area contributed by atoms with Crippen molar-refractivity contribution in [3.63, 3.8) is 0 Å². The Morgan fingerprint density at radius 3 is 2.52 bits per heavy atom. The van der Waals surface area contributed by atoms with Gasteiger partial charge in [0.25, 0.3) is 5.91 Å². The number of allylic oxidation sites excluding steroid dienone is 2. The summed E-state index contributed by atoms with van der Waals surface area (Å²) in [5.74, 6) is 1.99. The van der Waals surface area contributed by atoms with Crippen LogP contribution >= 0.6 is 11.8 Å². The molecule has 0 N–H and O–H groups in total. The quantitative estimate of drug-likeness (QED) is 0.182. The highest BCUT2D eigenvalue weighted by Gasteiger charge is 2.66. The van der Waals surface area contributed by atoms with Crippen molar-refractivity contribution in [2.24, 2.45) is 21.3 Å². The Hall–Kier alpha value is -4.14. The van der Waals surface area contributed by atoms with Gasteiger partial charge in [0, 0.05) is 42.8 Å². The second kappa shape index (κ2) is 13.4. The van der Waals surface area contributed by atoms with Gasteiger partial charge in [0.15, 0.2) is 10.7 Å². The Bertz CT molecular complexity index is 2150. The zero-order chi connectivity index (χ0) is 35.5. The third-order valence-corrected chi connectivity index (χ3v) is 13.8. The lowest BCUT2D eigenvalue weighted by molar-refractivity contribution is -0.138. The smallest absolute Gasteiger partial charge is 0.262 e. The average Bonchev–Trinajstić information content (AvgIpc) is 3.94. The summed E-state index contributed by atoms with van der Waals surface area (Å²) in [7, 11) is 1.82. The van der Waals surface area contributed by atoms with Crippen molar-refractivity contribution in [2.45, 2.75) is 101 Å². The first kappa shape index (κ1) is 33.7. The molecule has 2 spiro atoms. The second-order valence-electron chi connectivity index (χ2n) is 15.8. The number of benzene rings is 3. The predicted molar refractivity (Wildman–Crippen MR) is 210 cm³/mol. The summed E-state index contributed by atoms with van der Waals surface area (Å²) in [6, 6.07) is 19.8. The van der Waals surface area contributed by atoms with Crippen LogP contribution in [0.4, 0.5) is 5.69 Å². The fourth-order valence-electron chi connectivity index (χ4n) is 9.27. The Kier molecular flexibility index (Phi) is 8.66. The van der Waals surface area contributed by atoms with Crippen LogP contribution in [-0.2, 0) is 40.2 Å². The van der Waals surface area contributed by atoms with Crippen molar-refractivity contribution >= 4 is 45.8 Å². The fraction of sp³-hybridized carbons (Fsp3) is 0.432. The summed E-state index contributed by atoms with van der Waals surface area (Å²) >= 11 is 1.68. The van der Waals surface area contributed by atoms with Gasteiger partial charge in [-0.2, -0.15) is 0 Å². The van der Waals surface area contributed by atoms with E-state index in [1.807, 2.05) is 24.3 Å². The lowest BCUT2D eigenvalue weighted by Gasteiger charge is -2.45. The predicted octanol–water partition coefficient (Wildman–Crippen LogP) is 9.40. The third kappa shape index (κ3) is 5.83. The average molecular weight is 710 g/mol. The van der Waals surface area contributed by atoms with Crippen molar-refractivity contribution in [2.75, 3.05) is 7.11 Å². The maximum Gasteiger partial charge on any atom is 0.262 e. The highest BCUT2D eigenvalue weighted by Crippen LogP contribution is 2.63. The van der Waals surface area contributed by atoms with Crippen LogP contribution in [0, 0.1) is 11.3 Å². The standard InChI is InChI=1S/C44H47N5O2S/c1-28-16-19-45-39-24-33(9-12-36(39)29(28)2)27-52-42-48-44(41(50)49(42)26-32-10-13-38-40(23-32)47-21-20-46-38)37-22-31(7-6-30-4-5-30)8-11-34(37)25-43(44)17-14-35(51-3)15-18-43/h8-13,16,19-24,29-30,35H,4-7,14-15,17-18,25-27H2,1-3H3. The number of aliphatic imine (C=N–C) groups is 2. The number of amides is 1. The van der Waals surface area contributed by atoms with Gasteiger partial charge >= 0.3 is 0 Å². The van der Waals surface area contributed by atoms with E-state index < -0.39 is 5.54 Å². The van der Waals surface area contributed by atoms with Crippen LogP contribution in [0.3, 0.4) is 0 Å². The number of hydrogen-bond donors (Lipinski definition) is 0. The molecule has 5 aliphatic rings. The number of aromatic nitrogens is 2. The Morgan fingerprint density at radius 2 is 1.71 bits per heavy atom. The Balaban J connectivity index is 1.12. The monoisotopic (exact) mass is 709 g/mol. The fourth-order valence-corrected chi connectivity index (χ4v) is 10.2. The molecule has 2 fully saturated rings. The number of hydrogen-bond acceptors (Lipinski definition) is 7. The van der Waals surface area contributed by atoms with Crippen LogP contribution in [0.1, 0.15) is 98.1 Å². The van der Waals surface area contributed by atoms with E-state index in [4.69, 9.17) is 14.7 Å². The maximum atomic E-state index is 15.6. The van der Waals surface area contributed by atoms with Crippen LogP contribution < -0.4 is 0 Å². The highest BCUT2D eigenvalue weighted by atomic mass is 32.2. The molecule has 52 heavy (non-hydrogen) atoms. The van der Waals surface area contributed by atoms with E-state index in [1.165, 1.54) is 47.1 Å². The van der Waals surface area contributed by atoms with Crippen molar-refractivity contribution in [3.8, 4) is 0 Å². The van der Waals surface area contributed by atoms with Crippen LogP contribution in [0.25, 0.3) is 11.0 Å². The number of aryl methyl sites for hydroxylation is 1. The summed E-state index contributed by atoms with van der Waals surface area (Å²) in [6.45, 7) is 4.85. The Morgan fingerprint density at radius 1 is 0.923 bits per heavy atom. The lowest BCUT2D eigenvalue weighted by atomic mass is 9.61. The van der Waals surface area contributed by atoms with Crippen LogP contribution in [-0.4, -0.2) is 45.4 Å². The molecule has 2 saturated carbocycles. The normalized spacial score (nSPS) is 26.5. The number of ether oxygens (including phenoxy) is 1. The van der Waals surface area contributed by atoms with Gasteiger partial charge in [0.2, 0.25) is 0 Å². The molecule has 4 aromatic rings. The first-order valence-corrected chi connectivity index (χ1v) is 20.1. The maximum absolute atomic E-state index is 15.6. The molecule has 3 heterocycles. The number of nitrogens with zero attached hydrogens (tertiary/aromatic N) is 5. The molecule has 0 radical (unpaired) electrons. The van der Waals surface area contributed by atoms with E-state index >= 15 is 4.79 Å². The van der Waals surface area contributed by atoms with Crippen LogP contribution in [0.15, 0.2) is 88.6 Å². The minimum absolute atomic E-state index is 0.116. The third-order valence-electron chi connectivity index (χ3n) is 12.7. The SMILES string of the molecule is COC1CCC2(CC1)Cc1ccc(CCC3CC3)cc1C21N=C(SCc2ccc3c(c2)N=CC=C(C)C3C)N(Cc2ccc3nccnc3c2)C1=O. The molecule has 2 atom stereocenters. The van der Waals surface area contributed by atoms with Gasteiger partial charge in [0.05, 0.1) is 29.4 Å². The molecule has 1 amide bonds. The number of thioether (sulfide) groups is 1. The zero-order valence-electron chi connectivity index (χ0n) is 30.5. The summed E-state index contributed by atoms with van der Waals surface area (Å²) in [6.07, 6.45) is 17.3. The molecule has 3 aromatic carbocycles. The number of amidine groups is 1. The van der Waals surface area contributed by atoms with Crippen molar-refractivity contribution in [1.82, 2.24) is 14.9 Å². The molecule has 0 saturated heterocycles. The molecular formula is C44H47N5O2S. The topological polar surface area (TPSA) is 80.0 Å². The lowest BCUT2D eigenvalue weighted by Crippen LogP contribution is -2.51. The van der Waals surface area contributed by atoms with Crippen molar-refractivity contribution in [3.05, 3.63) is 112 Å². The number of carbonyl (C=O) groups excluding carboxylic acids is 1. The van der Waals surface area contributed by atoms with Crippen LogP contribution in [0.2, 0.25) is 0 Å². The number of methoxy groups -OCH3 is 1. The van der Waals surface area contributed by atoms with Crippen molar-refractivity contribution < 1.29 is 9.53 Å². The summed E-state index contributed by atoms with van der Waals surface area (Å²) in [5, 5.41) is 0.804. The number of rotatable bonds is 8. The van der Waals surface area contributed by atoms with Gasteiger partial charge in [-0.05, 0) is 115 Å². The number of carbonyl (C=O) groups is 1. The van der Waals surface area contributed by atoms with Gasteiger partial charge in [-0.1, -0.05) is 73.5 Å². The van der Waals surface area contributed by atoms with Gasteiger partial charge < -0.3 is 4.74 Å². The minimum Gasteiger partial charge on any atom is -0.381 e. The van der Waals surface area contributed by atoms with Gasteiger partial charge in [-0.3, -0.25) is 24.7 Å². The molecule has 8 heteroatoms. The minimum atomic E-state index is -0.952. The van der Waals surface area contributed by atoms with E-state index in [1.54, 1.807) is 24.2 Å².